The van der Waals surface area contributed by atoms with Crippen LogP contribution in [-0.2, 0) is 10.0 Å². The molecule has 3 aromatic rings. The number of pyridine rings is 1. The second-order valence-corrected chi connectivity index (χ2v) is 9.06. The number of aromatic nitrogens is 2. The van der Waals surface area contributed by atoms with E-state index in [1.807, 2.05) is 0 Å². The number of sulfonamides is 1. The molecule has 0 atom stereocenters. The minimum absolute atomic E-state index is 0.0923. The zero-order valence-electron chi connectivity index (χ0n) is 16.3. The number of nitrogens with one attached hydrogen (secondary N) is 1. The Morgan fingerprint density at radius 1 is 1.03 bits per heavy atom. The Morgan fingerprint density at radius 2 is 1.83 bits per heavy atom. The van der Waals surface area contributed by atoms with Gasteiger partial charge in [0.05, 0.1) is 4.90 Å². The summed E-state index contributed by atoms with van der Waals surface area (Å²) in [5.74, 6) is -0.0658. The predicted octanol–water partition coefficient (Wildman–Crippen LogP) is 3.55. The lowest BCUT2D eigenvalue weighted by Crippen LogP contribution is -2.32. The average molecular weight is 426 g/mol. The van der Waals surface area contributed by atoms with Crippen LogP contribution in [-0.4, -0.2) is 41.9 Å². The molecule has 1 aliphatic heterocycles. The van der Waals surface area contributed by atoms with E-state index in [0.29, 0.717) is 30.1 Å². The van der Waals surface area contributed by atoms with Gasteiger partial charge in [0.2, 0.25) is 10.0 Å². The number of nitrogens with zero attached hydrogens (tertiary/aromatic N) is 3. The van der Waals surface area contributed by atoms with E-state index in [1.54, 1.807) is 42.7 Å². The summed E-state index contributed by atoms with van der Waals surface area (Å²) in [7, 11) is -3.60. The molecule has 1 aromatic carbocycles. The summed E-state index contributed by atoms with van der Waals surface area (Å²) in [5.41, 5.74) is 1.17. The Morgan fingerprint density at radius 3 is 2.57 bits per heavy atom. The maximum absolute atomic E-state index is 13.0. The van der Waals surface area contributed by atoms with Crippen molar-refractivity contribution in [3.8, 4) is 11.3 Å². The second kappa shape index (κ2) is 8.76. The number of carbonyl (C=O) groups is 1. The van der Waals surface area contributed by atoms with Crippen LogP contribution in [0.15, 0.2) is 64.3 Å². The fourth-order valence-electron chi connectivity index (χ4n) is 3.39. The van der Waals surface area contributed by atoms with Crippen LogP contribution in [0.2, 0.25) is 0 Å². The number of anilines is 1. The number of amides is 1. The molecule has 0 unspecified atom stereocenters. The van der Waals surface area contributed by atoms with E-state index in [-0.39, 0.29) is 10.6 Å². The monoisotopic (exact) mass is 426 g/mol. The predicted molar refractivity (Wildman–Crippen MR) is 111 cm³/mol. The van der Waals surface area contributed by atoms with Crippen LogP contribution in [0.5, 0.6) is 0 Å². The van der Waals surface area contributed by atoms with Crippen molar-refractivity contribution in [2.24, 2.45) is 0 Å². The van der Waals surface area contributed by atoms with Crippen LogP contribution in [0.25, 0.3) is 11.3 Å². The first-order valence-corrected chi connectivity index (χ1v) is 11.3. The standard InChI is InChI=1S/C21H22N4O4S/c26-21(19-14-20(29-24-19)16-7-6-10-22-15-16)23-17-8-5-9-18(13-17)30(27,28)25-11-3-1-2-4-12-25/h5-10,13-15H,1-4,11-12H2,(H,23,26). The van der Waals surface area contributed by atoms with Crippen molar-refractivity contribution >= 4 is 21.6 Å². The summed E-state index contributed by atoms with van der Waals surface area (Å²) in [5, 5.41) is 6.49. The van der Waals surface area contributed by atoms with Gasteiger partial charge in [0, 0.05) is 42.8 Å². The Balaban J connectivity index is 1.50. The Kier molecular flexibility index (Phi) is 5.91. The number of benzene rings is 1. The molecule has 1 aliphatic rings. The van der Waals surface area contributed by atoms with Gasteiger partial charge in [-0.2, -0.15) is 4.31 Å². The molecule has 1 amide bonds. The van der Waals surface area contributed by atoms with E-state index in [9.17, 15) is 13.2 Å². The first-order valence-electron chi connectivity index (χ1n) is 9.83. The maximum atomic E-state index is 13.0. The van der Waals surface area contributed by atoms with Gasteiger partial charge in [-0.3, -0.25) is 9.78 Å². The molecule has 8 nitrogen and oxygen atoms in total. The molecule has 156 valence electrons. The topological polar surface area (TPSA) is 105 Å². The van der Waals surface area contributed by atoms with E-state index in [4.69, 9.17) is 4.52 Å². The highest BCUT2D eigenvalue weighted by molar-refractivity contribution is 7.89. The molecule has 0 spiro atoms. The lowest BCUT2D eigenvalue weighted by Gasteiger charge is -2.20. The highest BCUT2D eigenvalue weighted by Gasteiger charge is 2.25. The van der Waals surface area contributed by atoms with Gasteiger partial charge in [-0.25, -0.2) is 8.42 Å². The quantitative estimate of drug-likeness (QED) is 0.669. The van der Waals surface area contributed by atoms with E-state index in [0.717, 1.165) is 25.7 Å². The summed E-state index contributed by atoms with van der Waals surface area (Å²) in [6.45, 7) is 1.05. The number of rotatable bonds is 5. The van der Waals surface area contributed by atoms with Crippen molar-refractivity contribution in [1.82, 2.24) is 14.4 Å². The van der Waals surface area contributed by atoms with Gasteiger partial charge in [-0.1, -0.05) is 24.1 Å². The van der Waals surface area contributed by atoms with Crippen LogP contribution in [0.1, 0.15) is 36.2 Å². The van der Waals surface area contributed by atoms with Crippen molar-refractivity contribution in [2.75, 3.05) is 18.4 Å². The molecule has 0 bridgehead atoms. The molecule has 1 saturated heterocycles. The van der Waals surface area contributed by atoms with Gasteiger partial charge in [-0.05, 0) is 43.2 Å². The van der Waals surface area contributed by atoms with Crippen molar-refractivity contribution in [1.29, 1.82) is 0 Å². The molecule has 2 aromatic heterocycles. The third-order valence-corrected chi connectivity index (χ3v) is 6.88. The molecule has 3 heterocycles. The van der Waals surface area contributed by atoms with Crippen LogP contribution < -0.4 is 5.32 Å². The van der Waals surface area contributed by atoms with E-state index in [1.165, 1.54) is 16.4 Å². The summed E-state index contributed by atoms with van der Waals surface area (Å²) >= 11 is 0. The van der Waals surface area contributed by atoms with Crippen LogP contribution in [0, 0.1) is 0 Å². The maximum Gasteiger partial charge on any atom is 0.277 e. The lowest BCUT2D eigenvalue weighted by atomic mass is 10.2. The summed E-state index contributed by atoms with van der Waals surface area (Å²) in [6.07, 6.45) is 7.06. The Labute approximate surface area is 175 Å². The zero-order valence-corrected chi connectivity index (χ0v) is 17.1. The minimum Gasteiger partial charge on any atom is -0.355 e. The molecular weight excluding hydrogens is 404 g/mol. The van der Waals surface area contributed by atoms with E-state index in [2.05, 4.69) is 15.5 Å². The van der Waals surface area contributed by atoms with Gasteiger partial charge in [0.1, 0.15) is 0 Å². The zero-order chi connectivity index (χ0) is 21.0. The number of hydrogen-bond acceptors (Lipinski definition) is 6. The molecule has 4 rings (SSSR count). The third kappa shape index (κ3) is 4.42. The fraction of sp³-hybridized carbons (Fsp3) is 0.286. The van der Waals surface area contributed by atoms with Gasteiger partial charge in [0.25, 0.3) is 5.91 Å². The van der Waals surface area contributed by atoms with Crippen molar-refractivity contribution < 1.29 is 17.7 Å². The minimum atomic E-state index is -3.60. The first-order chi connectivity index (χ1) is 14.5. The normalized spacial score (nSPS) is 15.5. The molecular formula is C21H22N4O4S. The molecule has 30 heavy (non-hydrogen) atoms. The Hall–Kier alpha value is -3.04. The van der Waals surface area contributed by atoms with Gasteiger partial charge >= 0.3 is 0 Å². The van der Waals surface area contributed by atoms with Gasteiger partial charge in [-0.15, -0.1) is 0 Å². The van der Waals surface area contributed by atoms with Crippen LogP contribution in [0.3, 0.4) is 0 Å². The molecule has 0 radical (unpaired) electrons. The fourth-order valence-corrected chi connectivity index (χ4v) is 4.95. The molecule has 1 N–H and O–H groups in total. The SMILES string of the molecule is O=C(Nc1cccc(S(=O)(=O)N2CCCCCC2)c1)c1cc(-c2cccnc2)on1. The number of hydrogen-bond donors (Lipinski definition) is 1. The van der Waals surface area contributed by atoms with E-state index < -0.39 is 15.9 Å². The molecule has 1 fully saturated rings. The first kappa shape index (κ1) is 20.2. The average Bonchev–Trinajstić information content (AvgIpc) is 3.10. The summed E-state index contributed by atoms with van der Waals surface area (Å²) < 4.78 is 32.7. The van der Waals surface area contributed by atoms with Crippen molar-refractivity contribution in [3.63, 3.8) is 0 Å². The highest BCUT2D eigenvalue weighted by atomic mass is 32.2. The van der Waals surface area contributed by atoms with Crippen molar-refractivity contribution in [2.45, 2.75) is 30.6 Å². The van der Waals surface area contributed by atoms with Crippen molar-refractivity contribution in [3.05, 3.63) is 60.6 Å². The largest absolute Gasteiger partial charge is 0.355 e. The summed E-state index contributed by atoms with van der Waals surface area (Å²) in [6, 6.07) is 11.3. The second-order valence-electron chi connectivity index (χ2n) is 7.12. The smallest absolute Gasteiger partial charge is 0.277 e. The molecule has 9 heteroatoms. The lowest BCUT2D eigenvalue weighted by molar-refractivity contribution is 0.101. The highest BCUT2D eigenvalue weighted by Crippen LogP contribution is 2.24. The third-order valence-electron chi connectivity index (χ3n) is 4.98. The molecule has 0 saturated carbocycles. The van der Waals surface area contributed by atoms with E-state index >= 15 is 0 Å². The van der Waals surface area contributed by atoms with Gasteiger partial charge < -0.3 is 9.84 Å². The number of carbonyl (C=O) groups excluding carboxylic acids is 1. The Bertz CT molecular complexity index is 1120. The van der Waals surface area contributed by atoms with Crippen LogP contribution >= 0.6 is 0 Å². The van der Waals surface area contributed by atoms with Gasteiger partial charge in [0.15, 0.2) is 11.5 Å². The van der Waals surface area contributed by atoms with Crippen LogP contribution in [0.4, 0.5) is 5.69 Å². The molecule has 0 aliphatic carbocycles. The summed E-state index contributed by atoms with van der Waals surface area (Å²) in [4.78, 5) is 16.7.